The van der Waals surface area contributed by atoms with E-state index in [1.807, 2.05) is 18.7 Å². The molecule has 4 nitrogen and oxygen atoms in total. The number of nitrogens with one attached hydrogen (secondary N) is 1. The molecule has 1 heterocycles. The summed E-state index contributed by atoms with van der Waals surface area (Å²) in [6.45, 7) is 11.8. The van der Waals surface area contributed by atoms with Crippen molar-refractivity contribution in [3.63, 3.8) is 0 Å². The summed E-state index contributed by atoms with van der Waals surface area (Å²) in [6.07, 6.45) is 2.11. The summed E-state index contributed by atoms with van der Waals surface area (Å²) < 4.78 is 0. The number of rotatable bonds is 4. The predicted octanol–water partition coefficient (Wildman–Crippen LogP) is 3.05. The van der Waals surface area contributed by atoms with Crippen LogP contribution in [0.4, 0.5) is 10.5 Å². The number of para-hydroxylation sites is 1. The lowest BCUT2D eigenvalue weighted by molar-refractivity contribution is 0.192. The molecule has 1 aliphatic heterocycles. The zero-order valence-corrected chi connectivity index (χ0v) is 14.4. The van der Waals surface area contributed by atoms with Crippen LogP contribution in [0.15, 0.2) is 18.2 Å². The lowest BCUT2D eigenvalue weighted by Crippen LogP contribution is -2.53. The van der Waals surface area contributed by atoms with Crippen LogP contribution in [0, 0.1) is 0 Å². The summed E-state index contributed by atoms with van der Waals surface area (Å²) in [6, 6.07) is 6.87. The molecule has 1 N–H and O–H groups in total. The third kappa shape index (κ3) is 3.73. The number of piperazine rings is 1. The molecule has 1 aromatic rings. The fourth-order valence-corrected chi connectivity index (χ4v) is 3.09. The second kappa shape index (κ2) is 7.52. The van der Waals surface area contributed by atoms with Crippen molar-refractivity contribution in [1.82, 2.24) is 10.2 Å². The van der Waals surface area contributed by atoms with Crippen LogP contribution in [0.3, 0.4) is 0 Å². The van der Waals surface area contributed by atoms with Gasteiger partial charge in [0.25, 0.3) is 0 Å². The van der Waals surface area contributed by atoms with Gasteiger partial charge in [0.2, 0.25) is 0 Å². The lowest BCUT2D eigenvalue weighted by atomic mass is 10.0. The average molecular weight is 303 g/mol. The largest absolute Gasteiger partial charge is 0.368 e. The molecule has 0 unspecified atom stereocenters. The van der Waals surface area contributed by atoms with Gasteiger partial charge in [-0.2, -0.15) is 0 Å². The van der Waals surface area contributed by atoms with Crippen LogP contribution in [-0.2, 0) is 12.8 Å². The second-order valence-corrected chi connectivity index (χ2v) is 6.21. The smallest absolute Gasteiger partial charge is 0.317 e. The molecule has 4 heteroatoms. The number of nitrogens with zero attached hydrogens (tertiary/aromatic N) is 2. The van der Waals surface area contributed by atoms with Crippen LogP contribution in [-0.4, -0.2) is 43.2 Å². The Labute approximate surface area is 134 Å². The van der Waals surface area contributed by atoms with Crippen molar-refractivity contribution in [3.05, 3.63) is 29.3 Å². The third-order valence-corrected chi connectivity index (χ3v) is 4.26. The Morgan fingerprint density at radius 1 is 1.09 bits per heavy atom. The number of benzene rings is 1. The first-order valence-corrected chi connectivity index (χ1v) is 8.47. The fraction of sp³-hybridized carbons (Fsp3) is 0.611. The van der Waals surface area contributed by atoms with Gasteiger partial charge in [0.15, 0.2) is 0 Å². The fourth-order valence-electron chi connectivity index (χ4n) is 3.09. The normalized spacial score (nSPS) is 15.3. The van der Waals surface area contributed by atoms with E-state index in [0.717, 1.165) is 39.0 Å². The third-order valence-electron chi connectivity index (χ3n) is 4.26. The van der Waals surface area contributed by atoms with Gasteiger partial charge in [-0.1, -0.05) is 32.0 Å². The van der Waals surface area contributed by atoms with E-state index in [1.54, 1.807) is 0 Å². The molecule has 0 saturated carbocycles. The number of amides is 2. The van der Waals surface area contributed by atoms with Gasteiger partial charge >= 0.3 is 6.03 Å². The molecule has 0 radical (unpaired) electrons. The highest BCUT2D eigenvalue weighted by Gasteiger charge is 2.23. The summed E-state index contributed by atoms with van der Waals surface area (Å²) in [4.78, 5) is 16.5. The highest BCUT2D eigenvalue weighted by Crippen LogP contribution is 2.27. The van der Waals surface area contributed by atoms with E-state index in [2.05, 4.69) is 42.3 Å². The first kappa shape index (κ1) is 16.7. The lowest BCUT2D eigenvalue weighted by Gasteiger charge is -2.38. The molecule has 1 fully saturated rings. The van der Waals surface area contributed by atoms with Crippen LogP contribution >= 0.6 is 0 Å². The average Bonchev–Trinajstić information content (AvgIpc) is 2.53. The van der Waals surface area contributed by atoms with E-state index in [4.69, 9.17) is 0 Å². The van der Waals surface area contributed by atoms with Crippen molar-refractivity contribution in [1.29, 1.82) is 0 Å². The van der Waals surface area contributed by atoms with Gasteiger partial charge in [0.1, 0.15) is 0 Å². The summed E-state index contributed by atoms with van der Waals surface area (Å²) in [7, 11) is 0. The van der Waals surface area contributed by atoms with Crippen LogP contribution in [0.2, 0.25) is 0 Å². The number of aryl methyl sites for hydroxylation is 2. The molecule has 2 rings (SSSR count). The minimum Gasteiger partial charge on any atom is -0.368 e. The number of hydrogen-bond donors (Lipinski definition) is 1. The summed E-state index contributed by atoms with van der Waals surface area (Å²) in [5, 5.41) is 2.98. The molecule has 0 atom stereocenters. The van der Waals surface area contributed by atoms with Crippen molar-refractivity contribution < 1.29 is 4.79 Å². The van der Waals surface area contributed by atoms with Gasteiger partial charge in [0, 0.05) is 37.9 Å². The number of hydrogen-bond acceptors (Lipinski definition) is 2. The first-order valence-electron chi connectivity index (χ1n) is 8.47. The van der Waals surface area contributed by atoms with E-state index in [1.165, 1.54) is 16.8 Å². The standard InChI is InChI=1S/C18H29N3O/c1-5-15-8-7-9-16(6-2)17(15)20-10-12-21(13-11-20)18(22)19-14(3)4/h7-9,14H,5-6,10-13H2,1-4H3,(H,19,22). The van der Waals surface area contributed by atoms with Crippen molar-refractivity contribution in [2.24, 2.45) is 0 Å². The van der Waals surface area contributed by atoms with Crippen molar-refractivity contribution in [3.8, 4) is 0 Å². The molecule has 0 spiro atoms. The molecule has 0 aliphatic carbocycles. The Morgan fingerprint density at radius 2 is 1.64 bits per heavy atom. The van der Waals surface area contributed by atoms with Gasteiger partial charge in [-0.3, -0.25) is 0 Å². The molecule has 1 aliphatic rings. The molecule has 1 saturated heterocycles. The van der Waals surface area contributed by atoms with Crippen molar-refractivity contribution in [2.75, 3.05) is 31.1 Å². The quantitative estimate of drug-likeness (QED) is 0.928. The maximum Gasteiger partial charge on any atom is 0.317 e. The van der Waals surface area contributed by atoms with E-state index in [-0.39, 0.29) is 12.1 Å². The SMILES string of the molecule is CCc1cccc(CC)c1N1CCN(C(=O)NC(C)C)CC1. The first-order chi connectivity index (χ1) is 10.6. The Kier molecular flexibility index (Phi) is 5.69. The molecule has 22 heavy (non-hydrogen) atoms. The highest BCUT2D eigenvalue weighted by atomic mass is 16.2. The molecule has 122 valence electrons. The predicted molar refractivity (Wildman–Crippen MR) is 92.7 cm³/mol. The second-order valence-electron chi connectivity index (χ2n) is 6.21. The molecule has 2 amide bonds. The molecule has 0 bridgehead atoms. The number of anilines is 1. The highest BCUT2D eigenvalue weighted by molar-refractivity contribution is 5.75. The van der Waals surface area contributed by atoms with Crippen LogP contribution in [0.1, 0.15) is 38.8 Å². The van der Waals surface area contributed by atoms with Gasteiger partial charge < -0.3 is 15.1 Å². The Hall–Kier alpha value is -1.71. The Morgan fingerprint density at radius 3 is 2.09 bits per heavy atom. The molecule has 0 aromatic heterocycles. The summed E-state index contributed by atoms with van der Waals surface area (Å²) >= 11 is 0. The number of urea groups is 1. The molecular formula is C18H29N3O. The van der Waals surface area contributed by atoms with E-state index < -0.39 is 0 Å². The molecular weight excluding hydrogens is 274 g/mol. The summed E-state index contributed by atoms with van der Waals surface area (Å²) in [5.74, 6) is 0. The van der Waals surface area contributed by atoms with E-state index in [9.17, 15) is 4.79 Å². The Bertz CT molecular complexity index is 483. The monoisotopic (exact) mass is 303 g/mol. The maximum atomic E-state index is 12.1. The van der Waals surface area contributed by atoms with E-state index in [0.29, 0.717) is 0 Å². The minimum atomic E-state index is 0.0640. The zero-order chi connectivity index (χ0) is 16.1. The van der Waals surface area contributed by atoms with E-state index >= 15 is 0 Å². The zero-order valence-electron chi connectivity index (χ0n) is 14.4. The summed E-state index contributed by atoms with van der Waals surface area (Å²) in [5.41, 5.74) is 4.23. The number of carbonyl (C=O) groups is 1. The van der Waals surface area contributed by atoms with Crippen LogP contribution in [0.25, 0.3) is 0 Å². The molecule has 1 aromatic carbocycles. The Balaban J connectivity index is 2.07. The van der Waals surface area contributed by atoms with Gasteiger partial charge in [0.05, 0.1) is 0 Å². The minimum absolute atomic E-state index is 0.0640. The van der Waals surface area contributed by atoms with Gasteiger partial charge in [-0.05, 0) is 37.8 Å². The maximum absolute atomic E-state index is 12.1. The van der Waals surface area contributed by atoms with Crippen LogP contribution < -0.4 is 10.2 Å². The van der Waals surface area contributed by atoms with Crippen molar-refractivity contribution >= 4 is 11.7 Å². The van der Waals surface area contributed by atoms with Gasteiger partial charge in [-0.15, -0.1) is 0 Å². The van der Waals surface area contributed by atoms with Crippen LogP contribution in [0.5, 0.6) is 0 Å². The van der Waals surface area contributed by atoms with Crippen molar-refractivity contribution in [2.45, 2.75) is 46.6 Å². The number of carbonyl (C=O) groups excluding carboxylic acids is 1. The topological polar surface area (TPSA) is 35.6 Å². The van der Waals surface area contributed by atoms with Gasteiger partial charge in [-0.25, -0.2) is 4.79 Å².